The molecule has 0 atom stereocenters. The number of ether oxygens (including phenoxy) is 1. The second kappa shape index (κ2) is 11.0. The van der Waals surface area contributed by atoms with Gasteiger partial charge < -0.3 is 15.0 Å². The van der Waals surface area contributed by atoms with Crippen LogP contribution in [-0.2, 0) is 11.4 Å². The van der Waals surface area contributed by atoms with E-state index in [1.54, 1.807) is 6.07 Å². The molecule has 6 nitrogen and oxygen atoms in total. The second-order valence-electron chi connectivity index (χ2n) is 7.33. The van der Waals surface area contributed by atoms with Gasteiger partial charge in [0.25, 0.3) is 5.91 Å². The summed E-state index contributed by atoms with van der Waals surface area (Å²) in [6.45, 7) is 6.01. The molecule has 0 saturated carbocycles. The standard InChI is InChI=1S/C23H28ClN3O3/c1-2-11-25-22(28)16-26-12-14-27(15-13-26)23(29)20-5-3-4-6-21(20)30-17-18-7-9-19(24)10-8-18/h3-10H,2,11-17H2,1H3,(H,25,28). The van der Waals surface area contributed by atoms with E-state index < -0.39 is 0 Å². The Kier molecular flexibility index (Phi) is 8.11. The molecule has 1 fully saturated rings. The van der Waals surface area contributed by atoms with Gasteiger partial charge in [0.05, 0.1) is 12.1 Å². The van der Waals surface area contributed by atoms with Crippen LogP contribution in [0, 0.1) is 0 Å². The number of carbonyl (C=O) groups is 2. The van der Waals surface area contributed by atoms with E-state index in [0.717, 1.165) is 12.0 Å². The number of halogens is 1. The van der Waals surface area contributed by atoms with Crippen molar-refractivity contribution in [2.24, 2.45) is 0 Å². The molecule has 2 aromatic carbocycles. The summed E-state index contributed by atoms with van der Waals surface area (Å²) in [7, 11) is 0. The third-order valence-electron chi connectivity index (χ3n) is 5.02. The fraction of sp³-hybridized carbons (Fsp3) is 0.391. The molecule has 2 aromatic rings. The minimum Gasteiger partial charge on any atom is -0.488 e. The average Bonchev–Trinajstić information content (AvgIpc) is 2.77. The Morgan fingerprint density at radius 1 is 1.03 bits per heavy atom. The summed E-state index contributed by atoms with van der Waals surface area (Å²) < 4.78 is 5.93. The summed E-state index contributed by atoms with van der Waals surface area (Å²) in [6, 6.07) is 14.8. The molecule has 1 aliphatic heterocycles. The molecule has 1 aliphatic rings. The summed E-state index contributed by atoms with van der Waals surface area (Å²) in [5.41, 5.74) is 1.54. The van der Waals surface area contributed by atoms with Crippen molar-refractivity contribution in [2.45, 2.75) is 20.0 Å². The number of para-hydroxylation sites is 1. The highest BCUT2D eigenvalue weighted by Crippen LogP contribution is 2.22. The van der Waals surface area contributed by atoms with Crippen LogP contribution in [0.2, 0.25) is 5.02 Å². The van der Waals surface area contributed by atoms with Gasteiger partial charge in [-0.1, -0.05) is 42.8 Å². The molecule has 1 saturated heterocycles. The van der Waals surface area contributed by atoms with E-state index >= 15 is 0 Å². The molecule has 30 heavy (non-hydrogen) atoms. The van der Waals surface area contributed by atoms with E-state index in [0.29, 0.717) is 62.2 Å². The van der Waals surface area contributed by atoms with Crippen molar-refractivity contribution < 1.29 is 14.3 Å². The Labute approximate surface area is 182 Å². The Balaban J connectivity index is 1.55. The Morgan fingerprint density at radius 2 is 1.73 bits per heavy atom. The zero-order valence-electron chi connectivity index (χ0n) is 17.3. The fourth-order valence-electron chi connectivity index (χ4n) is 3.31. The van der Waals surface area contributed by atoms with E-state index in [9.17, 15) is 9.59 Å². The molecular formula is C23H28ClN3O3. The monoisotopic (exact) mass is 429 g/mol. The molecule has 0 unspecified atom stereocenters. The Bertz CT molecular complexity index is 849. The predicted octanol–water partition coefficient (Wildman–Crippen LogP) is 3.20. The van der Waals surface area contributed by atoms with Crippen LogP contribution in [0.4, 0.5) is 0 Å². The summed E-state index contributed by atoms with van der Waals surface area (Å²) >= 11 is 5.93. The van der Waals surface area contributed by atoms with Crippen LogP contribution in [-0.4, -0.2) is 60.9 Å². The van der Waals surface area contributed by atoms with E-state index in [-0.39, 0.29) is 11.8 Å². The van der Waals surface area contributed by atoms with Crippen molar-refractivity contribution in [3.05, 3.63) is 64.7 Å². The first-order valence-electron chi connectivity index (χ1n) is 10.3. The van der Waals surface area contributed by atoms with E-state index in [2.05, 4.69) is 10.2 Å². The van der Waals surface area contributed by atoms with Gasteiger partial charge in [-0.2, -0.15) is 0 Å². The van der Waals surface area contributed by atoms with Crippen molar-refractivity contribution in [1.29, 1.82) is 0 Å². The lowest BCUT2D eigenvalue weighted by atomic mass is 10.1. The van der Waals surface area contributed by atoms with Crippen molar-refractivity contribution in [3.8, 4) is 5.75 Å². The van der Waals surface area contributed by atoms with Crippen LogP contribution >= 0.6 is 11.6 Å². The van der Waals surface area contributed by atoms with Gasteiger partial charge in [0, 0.05) is 37.7 Å². The molecule has 0 radical (unpaired) electrons. The first kappa shape index (κ1) is 22.1. The lowest BCUT2D eigenvalue weighted by molar-refractivity contribution is -0.122. The minimum atomic E-state index is -0.0446. The maximum Gasteiger partial charge on any atom is 0.257 e. The van der Waals surface area contributed by atoms with Crippen LogP contribution in [0.15, 0.2) is 48.5 Å². The van der Waals surface area contributed by atoms with E-state index in [4.69, 9.17) is 16.3 Å². The van der Waals surface area contributed by atoms with Crippen molar-refractivity contribution in [3.63, 3.8) is 0 Å². The van der Waals surface area contributed by atoms with E-state index in [1.807, 2.05) is 54.3 Å². The highest BCUT2D eigenvalue weighted by Gasteiger charge is 2.25. The summed E-state index contributed by atoms with van der Waals surface area (Å²) in [5.74, 6) is 0.563. The van der Waals surface area contributed by atoms with Crippen LogP contribution in [0.5, 0.6) is 5.75 Å². The number of hydrogen-bond donors (Lipinski definition) is 1. The number of carbonyl (C=O) groups excluding carboxylic acids is 2. The molecule has 3 rings (SSSR count). The molecule has 0 aliphatic carbocycles. The molecule has 7 heteroatoms. The second-order valence-corrected chi connectivity index (χ2v) is 7.77. The Morgan fingerprint density at radius 3 is 2.43 bits per heavy atom. The smallest absolute Gasteiger partial charge is 0.257 e. The maximum atomic E-state index is 13.1. The number of hydrogen-bond acceptors (Lipinski definition) is 4. The molecule has 0 bridgehead atoms. The summed E-state index contributed by atoms with van der Waals surface area (Å²) in [5, 5.41) is 3.57. The number of amides is 2. The van der Waals surface area contributed by atoms with Crippen molar-refractivity contribution in [1.82, 2.24) is 15.1 Å². The van der Waals surface area contributed by atoms with Gasteiger partial charge in [-0.05, 0) is 36.2 Å². The van der Waals surface area contributed by atoms with Gasteiger partial charge in [0.15, 0.2) is 0 Å². The highest BCUT2D eigenvalue weighted by atomic mass is 35.5. The fourth-order valence-corrected chi connectivity index (χ4v) is 3.44. The predicted molar refractivity (Wildman–Crippen MR) is 118 cm³/mol. The number of nitrogens with one attached hydrogen (secondary N) is 1. The zero-order valence-corrected chi connectivity index (χ0v) is 18.0. The largest absolute Gasteiger partial charge is 0.488 e. The van der Waals surface area contributed by atoms with Gasteiger partial charge in [-0.25, -0.2) is 0 Å². The maximum absolute atomic E-state index is 13.1. The van der Waals surface area contributed by atoms with Gasteiger partial charge in [0.1, 0.15) is 12.4 Å². The number of rotatable bonds is 8. The number of benzene rings is 2. The molecule has 1 heterocycles. The average molecular weight is 430 g/mol. The molecule has 0 aromatic heterocycles. The number of nitrogens with zero attached hydrogens (tertiary/aromatic N) is 2. The van der Waals surface area contributed by atoms with Gasteiger partial charge >= 0.3 is 0 Å². The lowest BCUT2D eigenvalue weighted by Gasteiger charge is -2.34. The minimum absolute atomic E-state index is 0.0394. The topological polar surface area (TPSA) is 61.9 Å². The normalized spacial score (nSPS) is 14.4. The third kappa shape index (κ3) is 6.21. The van der Waals surface area contributed by atoms with Crippen LogP contribution < -0.4 is 10.1 Å². The van der Waals surface area contributed by atoms with Crippen molar-refractivity contribution >= 4 is 23.4 Å². The molecule has 2 amide bonds. The van der Waals surface area contributed by atoms with Crippen LogP contribution in [0.25, 0.3) is 0 Å². The zero-order chi connectivity index (χ0) is 21.3. The number of piperazine rings is 1. The van der Waals surface area contributed by atoms with E-state index in [1.165, 1.54) is 0 Å². The quantitative estimate of drug-likeness (QED) is 0.700. The molecule has 0 spiro atoms. The first-order valence-corrected chi connectivity index (χ1v) is 10.7. The first-order chi connectivity index (χ1) is 14.6. The molecule has 1 N–H and O–H groups in total. The Hall–Kier alpha value is -2.57. The van der Waals surface area contributed by atoms with Crippen LogP contribution in [0.1, 0.15) is 29.3 Å². The lowest BCUT2D eigenvalue weighted by Crippen LogP contribution is -2.51. The van der Waals surface area contributed by atoms with Crippen molar-refractivity contribution in [2.75, 3.05) is 39.3 Å². The molecular weight excluding hydrogens is 402 g/mol. The van der Waals surface area contributed by atoms with Crippen LogP contribution in [0.3, 0.4) is 0 Å². The molecule has 160 valence electrons. The van der Waals surface area contributed by atoms with Gasteiger partial charge in [0.2, 0.25) is 5.91 Å². The summed E-state index contributed by atoms with van der Waals surface area (Å²) in [4.78, 5) is 28.9. The highest BCUT2D eigenvalue weighted by molar-refractivity contribution is 6.30. The SMILES string of the molecule is CCCNC(=O)CN1CCN(C(=O)c2ccccc2OCc2ccc(Cl)cc2)CC1. The summed E-state index contributed by atoms with van der Waals surface area (Å²) in [6.07, 6.45) is 0.924. The van der Waals surface area contributed by atoms with Gasteiger partial charge in [-0.15, -0.1) is 0 Å². The van der Waals surface area contributed by atoms with Gasteiger partial charge in [-0.3, -0.25) is 14.5 Å². The third-order valence-corrected chi connectivity index (χ3v) is 5.28.